The molecule has 0 bridgehead atoms. The minimum absolute atomic E-state index is 0.217. The van der Waals surface area contributed by atoms with Crippen LogP contribution in [-0.4, -0.2) is 109 Å². The van der Waals surface area contributed by atoms with E-state index in [4.69, 9.17) is 24.8 Å². The molecule has 0 saturated heterocycles. The first-order chi connectivity index (χ1) is 15.5. The Bertz CT molecular complexity index is 538. The Hall–Kier alpha value is -2.36. The Balaban J connectivity index is 3.38. The Morgan fingerprint density at radius 3 is 1.38 bits per heavy atom. The molecule has 0 spiro atoms. The van der Waals surface area contributed by atoms with Gasteiger partial charge in [-0.15, -0.1) is 0 Å². The van der Waals surface area contributed by atoms with Gasteiger partial charge in [-0.2, -0.15) is 0 Å². The van der Waals surface area contributed by atoms with Crippen molar-refractivity contribution >= 4 is 23.6 Å². The molecule has 0 aromatic heterocycles. The molecule has 0 aliphatic carbocycles. The first-order valence-corrected chi connectivity index (χ1v) is 10.2. The van der Waals surface area contributed by atoms with E-state index in [1.54, 1.807) is 0 Å². The quantitative estimate of drug-likeness (QED) is 0.0554. The molecule has 0 unspecified atom stereocenters. The molecule has 14 heteroatoms. The van der Waals surface area contributed by atoms with Crippen LogP contribution in [0, 0.1) is 0 Å². The maximum atomic E-state index is 11.6. The second-order valence-electron chi connectivity index (χ2n) is 6.22. The summed E-state index contributed by atoms with van der Waals surface area (Å²) >= 11 is 0. The van der Waals surface area contributed by atoms with Crippen LogP contribution in [0.5, 0.6) is 0 Å². The monoisotopic (exact) mass is 464 g/mol. The van der Waals surface area contributed by atoms with E-state index in [9.17, 15) is 19.2 Å². The lowest BCUT2D eigenvalue weighted by atomic mass is 10.4. The molecule has 186 valence electrons. The van der Waals surface area contributed by atoms with Crippen LogP contribution in [0.3, 0.4) is 0 Å². The molecule has 14 nitrogen and oxygen atoms in total. The summed E-state index contributed by atoms with van der Waals surface area (Å²) in [5.74, 6) is 3.34. The molecule has 0 heterocycles. The van der Waals surface area contributed by atoms with Crippen LogP contribution >= 0.6 is 0 Å². The van der Waals surface area contributed by atoms with E-state index < -0.39 is 11.8 Å². The van der Waals surface area contributed by atoms with Crippen molar-refractivity contribution in [3.8, 4) is 0 Å². The molecule has 32 heavy (non-hydrogen) atoms. The second-order valence-corrected chi connectivity index (χ2v) is 6.22. The lowest BCUT2D eigenvalue weighted by Crippen LogP contribution is -2.44. The largest absolute Gasteiger partial charge is 0.378 e. The smallest absolute Gasteiger partial charge is 0.239 e. The molecule has 0 rings (SSSR count). The van der Waals surface area contributed by atoms with Gasteiger partial charge >= 0.3 is 0 Å². The van der Waals surface area contributed by atoms with Crippen LogP contribution in [0.25, 0.3) is 0 Å². The van der Waals surface area contributed by atoms with E-state index in [2.05, 4.69) is 26.7 Å². The fourth-order valence-corrected chi connectivity index (χ4v) is 1.91. The number of hydrogen-bond acceptors (Lipinski definition) is 10. The Kier molecular flexibility index (Phi) is 20.2. The summed E-state index contributed by atoms with van der Waals surface area (Å²) < 4.78 is 21.2. The van der Waals surface area contributed by atoms with Gasteiger partial charge in [0.1, 0.15) is 0 Å². The maximum Gasteiger partial charge on any atom is 0.239 e. The zero-order valence-electron chi connectivity index (χ0n) is 18.5. The number of nitrogens with one attached hydrogen (secondary N) is 5. The van der Waals surface area contributed by atoms with Gasteiger partial charge in [-0.3, -0.25) is 30.4 Å². The lowest BCUT2D eigenvalue weighted by Gasteiger charge is -2.09. The van der Waals surface area contributed by atoms with Crippen LogP contribution in [0.2, 0.25) is 0 Å². The van der Waals surface area contributed by atoms with E-state index >= 15 is 0 Å². The van der Waals surface area contributed by atoms with Crippen molar-refractivity contribution < 1.29 is 38.1 Å². The normalized spacial score (nSPS) is 10.4. The molecule has 0 aliphatic rings. The topological polar surface area (TPSA) is 191 Å². The van der Waals surface area contributed by atoms with Gasteiger partial charge in [0.2, 0.25) is 23.6 Å². The molecule has 0 radical (unpaired) electrons. The Morgan fingerprint density at radius 1 is 0.562 bits per heavy atom. The van der Waals surface area contributed by atoms with E-state index in [-0.39, 0.29) is 38.0 Å². The average Bonchev–Trinajstić information content (AvgIpc) is 2.77. The number of amides is 4. The van der Waals surface area contributed by atoms with Crippen molar-refractivity contribution in [1.29, 1.82) is 0 Å². The number of hydrogen-bond donors (Lipinski definition) is 6. The Labute approximate surface area is 187 Å². The summed E-state index contributed by atoms with van der Waals surface area (Å²) in [7, 11) is 0. The molecule has 0 aromatic carbocycles. The van der Waals surface area contributed by atoms with Crippen molar-refractivity contribution in [2.75, 3.05) is 85.6 Å². The van der Waals surface area contributed by atoms with Gasteiger partial charge in [0.25, 0.3) is 0 Å². The minimum Gasteiger partial charge on any atom is -0.378 e. The van der Waals surface area contributed by atoms with Crippen molar-refractivity contribution in [3.05, 3.63) is 0 Å². The van der Waals surface area contributed by atoms with Crippen LogP contribution in [0.4, 0.5) is 0 Å². The number of carbonyl (C=O) groups excluding carboxylic acids is 4. The van der Waals surface area contributed by atoms with E-state index in [0.717, 1.165) is 0 Å². The van der Waals surface area contributed by atoms with Gasteiger partial charge in [0.05, 0.1) is 72.5 Å². The highest BCUT2D eigenvalue weighted by molar-refractivity contribution is 5.89. The highest BCUT2D eigenvalue weighted by Crippen LogP contribution is 1.82. The fraction of sp³-hybridized carbons (Fsp3) is 0.778. The minimum atomic E-state index is -0.523. The third-order valence-corrected chi connectivity index (χ3v) is 3.47. The molecule has 4 amide bonds. The predicted octanol–water partition coefficient (Wildman–Crippen LogP) is -4.00. The number of rotatable bonds is 21. The van der Waals surface area contributed by atoms with E-state index in [1.807, 2.05) is 0 Å². The van der Waals surface area contributed by atoms with Crippen molar-refractivity contribution in [2.24, 2.45) is 5.84 Å². The molecule has 0 aromatic rings. The number of ether oxygens (including phenoxy) is 4. The summed E-state index contributed by atoms with van der Waals surface area (Å²) in [6, 6.07) is 0. The van der Waals surface area contributed by atoms with E-state index in [1.165, 1.54) is 6.92 Å². The zero-order chi connectivity index (χ0) is 23.9. The fourth-order valence-electron chi connectivity index (χ4n) is 1.91. The predicted molar refractivity (Wildman–Crippen MR) is 113 cm³/mol. The molecule has 0 saturated carbocycles. The first-order valence-electron chi connectivity index (χ1n) is 10.2. The second kappa shape index (κ2) is 21.9. The lowest BCUT2D eigenvalue weighted by molar-refractivity contribution is -0.128. The zero-order valence-corrected chi connectivity index (χ0v) is 18.5. The number of nitrogens with two attached hydrogens (primary N) is 1. The number of carbonyl (C=O) groups is 4. The summed E-state index contributed by atoms with van der Waals surface area (Å²) in [6.07, 6.45) is 0. The van der Waals surface area contributed by atoms with Gasteiger partial charge in [-0.05, 0) is 0 Å². The molecular formula is C18H36N6O8. The van der Waals surface area contributed by atoms with Crippen LogP contribution in [0.1, 0.15) is 6.92 Å². The average molecular weight is 465 g/mol. The van der Waals surface area contributed by atoms with Crippen LogP contribution in [0.15, 0.2) is 0 Å². The summed E-state index contributed by atoms with van der Waals surface area (Å²) in [4.78, 5) is 45.2. The molecule has 0 fully saturated rings. The summed E-state index contributed by atoms with van der Waals surface area (Å²) in [5.41, 5.74) is 2.49. The Morgan fingerprint density at radius 2 is 0.938 bits per heavy atom. The molecular weight excluding hydrogens is 428 g/mol. The third-order valence-electron chi connectivity index (χ3n) is 3.47. The number of hydrazine groups is 1. The van der Waals surface area contributed by atoms with Crippen molar-refractivity contribution in [3.63, 3.8) is 0 Å². The third kappa shape index (κ3) is 22.3. The van der Waals surface area contributed by atoms with Gasteiger partial charge in [0.15, 0.2) is 0 Å². The first kappa shape index (κ1) is 29.6. The van der Waals surface area contributed by atoms with Gasteiger partial charge in [0, 0.05) is 20.0 Å². The van der Waals surface area contributed by atoms with Gasteiger partial charge < -0.3 is 40.2 Å². The highest BCUT2D eigenvalue weighted by atomic mass is 16.6. The van der Waals surface area contributed by atoms with Gasteiger partial charge in [-0.1, -0.05) is 0 Å². The SMILES string of the molecule is CC(=O)NCC(=O)NCC(=O)NCC(=O)NCCOCCOCCOCCOCCNN. The van der Waals surface area contributed by atoms with Crippen LogP contribution in [-0.2, 0) is 38.1 Å². The molecule has 0 atom stereocenters. The maximum absolute atomic E-state index is 11.6. The van der Waals surface area contributed by atoms with Crippen molar-refractivity contribution in [2.45, 2.75) is 6.92 Å². The molecule has 0 aliphatic heterocycles. The van der Waals surface area contributed by atoms with Crippen molar-refractivity contribution in [1.82, 2.24) is 26.7 Å². The van der Waals surface area contributed by atoms with Crippen LogP contribution < -0.4 is 32.5 Å². The summed E-state index contributed by atoms with van der Waals surface area (Å²) in [6.45, 7) is 4.91. The van der Waals surface area contributed by atoms with Gasteiger partial charge in [-0.25, -0.2) is 0 Å². The standard InChI is InChI=1S/C18H36N6O8/c1-15(25)21-12-17(27)23-14-18(28)22-13-16(26)20-2-4-29-6-8-31-10-11-32-9-7-30-5-3-24-19/h24H,2-14,19H2,1H3,(H,20,26)(H,21,25)(H,22,28)(H,23,27). The molecule has 7 N–H and O–H groups in total. The van der Waals surface area contributed by atoms with E-state index in [0.29, 0.717) is 59.4 Å². The summed E-state index contributed by atoms with van der Waals surface area (Å²) in [5, 5.41) is 9.56. The highest BCUT2D eigenvalue weighted by Gasteiger charge is 2.07.